The van der Waals surface area contributed by atoms with Gasteiger partial charge in [-0.25, -0.2) is 0 Å². The lowest BCUT2D eigenvalue weighted by Crippen LogP contribution is -1.96. The highest BCUT2D eigenvalue weighted by Gasteiger charge is 2.10. The fraction of sp³-hybridized carbons (Fsp3) is 0.500. The van der Waals surface area contributed by atoms with Crippen LogP contribution in [0.4, 0.5) is 0 Å². The fourth-order valence-corrected chi connectivity index (χ4v) is 1.90. The predicted molar refractivity (Wildman–Crippen MR) is 82.3 cm³/mol. The second-order valence-electron chi connectivity index (χ2n) is 4.38. The Morgan fingerprint density at radius 3 is 2.47 bits per heavy atom. The van der Waals surface area contributed by atoms with E-state index in [1.807, 2.05) is 13.8 Å². The van der Waals surface area contributed by atoms with Gasteiger partial charge in [-0.15, -0.1) is 0 Å². The van der Waals surface area contributed by atoms with E-state index in [0.29, 0.717) is 17.9 Å². The molecule has 0 saturated carbocycles. The van der Waals surface area contributed by atoms with Crippen molar-refractivity contribution in [1.82, 2.24) is 0 Å². The second-order valence-corrected chi connectivity index (χ2v) is 4.38. The molecule has 3 heteroatoms. The number of aliphatic hydroxyl groups is 1. The van der Waals surface area contributed by atoms with Gasteiger partial charge >= 0.3 is 0 Å². The number of unbranched alkanes of at least 4 members (excludes halogenated alkanes) is 1. The van der Waals surface area contributed by atoms with Gasteiger partial charge in [0.05, 0.1) is 11.5 Å². The molecule has 0 aromatic carbocycles. The summed E-state index contributed by atoms with van der Waals surface area (Å²) in [5.41, 5.74) is 2.75. The number of nitrogens with zero attached hydrogens (tertiary/aromatic N) is 2. The van der Waals surface area contributed by atoms with Crippen LogP contribution < -0.4 is 0 Å². The Kier molecular flexibility index (Phi) is 9.41. The minimum atomic E-state index is 0.339. The van der Waals surface area contributed by atoms with Crippen LogP contribution in [0.3, 0.4) is 0 Å². The Bertz CT molecular complexity index is 397. The minimum absolute atomic E-state index is 0.339. The lowest BCUT2D eigenvalue weighted by atomic mass is 9.95. The topological polar surface area (TPSA) is 45.0 Å². The summed E-state index contributed by atoms with van der Waals surface area (Å²) in [7, 11) is 1.62. The third-order valence-corrected chi connectivity index (χ3v) is 2.85. The molecule has 0 unspecified atom stereocenters. The van der Waals surface area contributed by atoms with Crippen molar-refractivity contribution in [3.05, 3.63) is 47.4 Å². The molecule has 0 aliphatic carbocycles. The smallest absolute Gasteiger partial charge is 0.0930 e. The van der Waals surface area contributed by atoms with Crippen molar-refractivity contribution in [2.45, 2.75) is 46.5 Å². The molecule has 0 aromatic heterocycles. The molecule has 0 fully saturated rings. The summed E-state index contributed by atoms with van der Waals surface area (Å²) in [5.74, 6) is 0.339. The molecule has 0 rings (SSSR count). The Morgan fingerprint density at radius 1 is 1.32 bits per heavy atom. The molecular weight excluding hydrogens is 236 g/mol. The highest BCUT2D eigenvalue weighted by molar-refractivity contribution is 5.35. The van der Waals surface area contributed by atoms with Gasteiger partial charge in [0.2, 0.25) is 0 Å². The second kappa shape index (κ2) is 10.3. The van der Waals surface area contributed by atoms with Crippen molar-refractivity contribution in [1.29, 1.82) is 0 Å². The van der Waals surface area contributed by atoms with Gasteiger partial charge in [-0.3, -0.25) is 0 Å². The van der Waals surface area contributed by atoms with Crippen molar-refractivity contribution < 1.29 is 5.11 Å². The molecule has 0 atom stereocenters. The van der Waals surface area contributed by atoms with Crippen LogP contribution >= 0.6 is 0 Å². The van der Waals surface area contributed by atoms with Crippen LogP contribution in [0.15, 0.2) is 57.6 Å². The molecule has 0 saturated heterocycles. The number of hydrogen-bond donors (Lipinski definition) is 1. The minimum Gasteiger partial charge on any atom is -0.512 e. The summed E-state index contributed by atoms with van der Waals surface area (Å²) in [6.45, 7) is 9.58. The largest absolute Gasteiger partial charge is 0.512 e. The van der Waals surface area contributed by atoms with Crippen LogP contribution in [-0.4, -0.2) is 12.2 Å². The highest BCUT2D eigenvalue weighted by Crippen LogP contribution is 2.26. The van der Waals surface area contributed by atoms with Gasteiger partial charge in [0, 0.05) is 13.5 Å². The van der Waals surface area contributed by atoms with Gasteiger partial charge in [0.1, 0.15) is 0 Å². The van der Waals surface area contributed by atoms with Crippen LogP contribution in [0.1, 0.15) is 46.5 Å². The Hall–Kier alpha value is -1.64. The molecule has 0 heterocycles. The fourth-order valence-electron chi connectivity index (χ4n) is 1.90. The van der Waals surface area contributed by atoms with Gasteiger partial charge < -0.3 is 5.11 Å². The van der Waals surface area contributed by atoms with E-state index in [4.69, 9.17) is 0 Å². The van der Waals surface area contributed by atoms with E-state index in [2.05, 4.69) is 35.0 Å². The van der Waals surface area contributed by atoms with Crippen molar-refractivity contribution in [2.24, 2.45) is 10.2 Å². The summed E-state index contributed by atoms with van der Waals surface area (Å²) in [6, 6.07) is 0. The number of hydrogen-bond acceptors (Lipinski definition) is 3. The van der Waals surface area contributed by atoms with Crippen LogP contribution in [0.2, 0.25) is 0 Å². The average Bonchev–Trinajstić information content (AvgIpc) is 2.37. The monoisotopic (exact) mass is 262 g/mol. The van der Waals surface area contributed by atoms with E-state index in [-0.39, 0.29) is 0 Å². The first kappa shape index (κ1) is 17.4. The molecule has 1 N–H and O–H groups in total. The molecule has 0 radical (unpaired) electrons. The number of allylic oxidation sites excluding steroid dienone is 6. The quantitative estimate of drug-likeness (QED) is 0.203. The third-order valence-electron chi connectivity index (χ3n) is 2.85. The van der Waals surface area contributed by atoms with E-state index in [1.165, 1.54) is 0 Å². The van der Waals surface area contributed by atoms with E-state index < -0.39 is 0 Å². The molecule has 0 aliphatic heterocycles. The maximum absolute atomic E-state index is 9.84. The Balaban J connectivity index is 4.77. The maximum atomic E-state index is 9.84. The molecule has 0 aliphatic rings. The third kappa shape index (κ3) is 7.39. The van der Waals surface area contributed by atoms with Gasteiger partial charge in [-0.1, -0.05) is 24.8 Å². The van der Waals surface area contributed by atoms with Crippen LogP contribution in [-0.2, 0) is 0 Å². The van der Waals surface area contributed by atoms with Crippen molar-refractivity contribution in [3.63, 3.8) is 0 Å². The molecule has 19 heavy (non-hydrogen) atoms. The standard InChI is InChI=1S/C16H26N2O/c1-6-8-9-10-11-15(7-2)16(14(4)19)12-13(3)18-17-5/h6-8,19H,3,9-12H2,1-2,4-5H3/b8-6-,15-7-,16-14+,18-17?. The zero-order valence-electron chi connectivity index (χ0n) is 12.6. The molecular formula is C16H26N2O. The van der Waals surface area contributed by atoms with E-state index in [9.17, 15) is 5.11 Å². The normalized spacial score (nSPS) is 14.2. The zero-order valence-corrected chi connectivity index (χ0v) is 12.6. The molecule has 0 spiro atoms. The highest BCUT2D eigenvalue weighted by atomic mass is 16.3. The van der Waals surface area contributed by atoms with Gasteiger partial charge in [0.15, 0.2) is 0 Å². The Labute approximate surface area is 117 Å². The predicted octanol–water partition coefficient (Wildman–Crippen LogP) is 5.50. The summed E-state index contributed by atoms with van der Waals surface area (Å²) in [5, 5.41) is 17.5. The Morgan fingerprint density at radius 2 is 2.00 bits per heavy atom. The lowest BCUT2D eigenvalue weighted by Gasteiger charge is -2.12. The van der Waals surface area contributed by atoms with Gasteiger partial charge in [-0.2, -0.15) is 10.2 Å². The summed E-state index contributed by atoms with van der Waals surface area (Å²) < 4.78 is 0. The molecule has 0 bridgehead atoms. The lowest BCUT2D eigenvalue weighted by molar-refractivity contribution is 0.406. The average molecular weight is 262 g/mol. The number of azo groups is 1. The first-order valence-corrected chi connectivity index (χ1v) is 6.69. The molecule has 106 valence electrons. The first-order valence-electron chi connectivity index (χ1n) is 6.69. The maximum Gasteiger partial charge on any atom is 0.0930 e. The van der Waals surface area contributed by atoms with Gasteiger partial charge in [-0.05, 0) is 51.2 Å². The van der Waals surface area contributed by atoms with Crippen LogP contribution in [0.25, 0.3) is 0 Å². The van der Waals surface area contributed by atoms with Crippen molar-refractivity contribution >= 4 is 0 Å². The molecule has 0 amide bonds. The summed E-state index contributed by atoms with van der Waals surface area (Å²) >= 11 is 0. The summed E-state index contributed by atoms with van der Waals surface area (Å²) in [6.07, 6.45) is 9.90. The van der Waals surface area contributed by atoms with Crippen molar-refractivity contribution in [3.8, 4) is 0 Å². The molecule has 0 aromatic rings. The number of aliphatic hydroxyl groups excluding tert-OH is 1. The van der Waals surface area contributed by atoms with E-state index in [1.54, 1.807) is 14.0 Å². The van der Waals surface area contributed by atoms with E-state index >= 15 is 0 Å². The zero-order chi connectivity index (χ0) is 14.7. The van der Waals surface area contributed by atoms with Crippen LogP contribution in [0.5, 0.6) is 0 Å². The van der Waals surface area contributed by atoms with Gasteiger partial charge in [0.25, 0.3) is 0 Å². The SMILES string of the molecule is C=C(CC(/C(=C\C)CCC/C=C\C)=C(/C)O)N=NC. The summed E-state index contributed by atoms with van der Waals surface area (Å²) in [4.78, 5) is 0. The number of rotatable bonds is 8. The van der Waals surface area contributed by atoms with Crippen molar-refractivity contribution in [2.75, 3.05) is 7.05 Å². The van der Waals surface area contributed by atoms with E-state index in [0.717, 1.165) is 30.4 Å². The first-order chi connectivity index (χ1) is 9.06. The van der Waals surface area contributed by atoms with Crippen LogP contribution in [0, 0.1) is 0 Å². The molecule has 3 nitrogen and oxygen atoms in total.